The Bertz CT molecular complexity index is 989. The Labute approximate surface area is 187 Å². The SMILES string of the molecule is CC(C)[C@@H](NC(=O)[C@@H]1C[C@@H]1CNC(=O)OCC1c2ccccc2-c2ccccc21)C(=O)O. The van der Waals surface area contributed by atoms with Crippen LogP contribution in [-0.2, 0) is 14.3 Å². The van der Waals surface area contributed by atoms with E-state index in [0.29, 0.717) is 13.0 Å². The number of hydrogen-bond acceptors (Lipinski definition) is 4. The zero-order valence-electron chi connectivity index (χ0n) is 18.2. The fourth-order valence-electron chi connectivity index (χ4n) is 4.43. The number of carboxylic acids is 1. The van der Waals surface area contributed by atoms with Crippen molar-refractivity contribution < 1.29 is 24.2 Å². The molecule has 7 nitrogen and oxygen atoms in total. The lowest BCUT2D eigenvalue weighted by atomic mass is 9.98. The third-order valence-corrected chi connectivity index (χ3v) is 6.34. The van der Waals surface area contributed by atoms with Gasteiger partial charge >= 0.3 is 12.1 Å². The Morgan fingerprint density at radius 1 is 1.03 bits per heavy atom. The van der Waals surface area contributed by atoms with Crippen LogP contribution in [0.15, 0.2) is 48.5 Å². The zero-order valence-corrected chi connectivity index (χ0v) is 18.2. The molecule has 0 saturated heterocycles. The average Bonchev–Trinajstić information content (AvgIpc) is 3.49. The Kier molecular flexibility index (Phi) is 6.17. The molecule has 2 aliphatic rings. The van der Waals surface area contributed by atoms with E-state index in [-0.39, 0.29) is 36.2 Å². The summed E-state index contributed by atoms with van der Waals surface area (Å²) in [5.41, 5.74) is 4.65. The van der Waals surface area contributed by atoms with Gasteiger partial charge in [0.15, 0.2) is 0 Å². The highest BCUT2D eigenvalue weighted by Gasteiger charge is 2.44. The highest BCUT2D eigenvalue weighted by Crippen LogP contribution is 2.44. The van der Waals surface area contributed by atoms with Crippen molar-refractivity contribution in [2.45, 2.75) is 32.2 Å². The van der Waals surface area contributed by atoms with Crippen LogP contribution in [0.5, 0.6) is 0 Å². The van der Waals surface area contributed by atoms with E-state index >= 15 is 0 Å². The normalized spacial score (nSPS) is 19.6. The predicted molar refractivity (Wildman–Crippen MR) is 119 cm³/mol. The average molecular weight is 437 g/mol. The summed E-state index contributed by atoms with van der Waals surface area (Å²) in [7, 11) is 0. The summed E-state index contributed by atoms with van der Waals surface area (Å²) in [5.74, 6) is -1.79. The molecule has 0 aromatic heterocycles. The molecule has 2 amide bonds. The van der Waals surface area contributed by atoms with Gasteiger partial charge in [-0.05, 0) is 40.5 Å². The van der Waals surface area contributed by atoms with E-state index in [1.165, 1.54) is 11.1 Å². The molecule has 2 aromatic carbocycles. The summed E-state index contributed by atoms with van der Waals surface area (Å²) in [4.78, 5) is 35.8. The second-order valence-corrected chi connectivity index (χ2v) is 8.88. The highest BCUT2D eigenvalue weighted by molar-refractivity contribution is 5.87. The lowest BCUT2D eigenvalue weighted by molar-refractivity contribution is -0.143. The maximum absolute atomic E-state index is 12.3. The van der Waals surface area contributed by atoms with Crippen molar-refractivity contribution in [2.24, 2.45) is 17.8 Å². The van der Waals surface area contributed by atoms with Gasteiger partial charge in [0.25, 0.3) is 0 Å². The van der Waals surface area contributed by atoms with Gasteiger partial charge in [-0.2, -0.15) is 0 Å². The monoisotopic (exact) mass is 436 g/mol. The van der Waals surface area contributed by atoms with Crippen LogP contribution < -0.4 is 10.6 Å². The molecular weight excluding hydrogens is 408 g/mol. The van der Waals surface area contributed by atoms with Crippen molar-refractivity contribution in [3.8, 4) is 11.1 Å². The molecule has 1 saturated carbocycles. The van der Waals surface area contributed by atoms with E-state index < -0.39 is 18.1 Å². The van der Waals surface area contributed by atoms with Gasteiger partial charge in [0.2, 0.25) is 5.91 Å². The van der Waals surface area contributed by atoms with Crippen LogP contribution in [0.25, 0.3) is 11.1 Å². The van der Waals surface area contributed by atoms with Crippen LogP contribution in [0.1, 0.15) is 37.3 Å². The number of rotatable bonds is 8. The Balaban J connectivity index is 1.26. The summed E-state index contributed by atoms with van der Waals surface area (Å²) < 4.78 is 5.51. The number of hydrogen-bond donors (Lipinski definition) is 3. The Hall–Kier alpha value is -3.35. The van der Waals surface area contributed by atoms with Crippen LogP contribution in [0.3, 0.4) is 0 Å². The molecule has 32 heavy (non-hydrogen) atoms. The topological polar surface area (TPSA) is 105 Å². The first-order chi connectivity index (χ1) is 15.4. The van der Waals surface area contributed by atoms with Crippen LogP contribution in [0, 0.1) is 17.8 Å². The number of ether oxygens (including phenoxy) is 1. The highest BCUT2D eigenvalue weighted by atomic mass is 16.5. The molecule has 168 valence electrons. The Morgan fingerprint density at radius 3 is 2.19 bits per heavy atom. The van der Waals surface area contributed by atoms with Crippen LogP contribution in [-0.4, -0.2) is 42.3 Å². The molecular formula is C25H28N2O5. The van der Waals surface area contributed by atoms with E-state index in [1.807, 2.05) is 24.3 Å². The van der Waals surface area contributed by atoms with E-state index in [9.17, 15) is 19.5 Å². The van der Waals surface area contributed by atoms with Gasteiger partial charge in [-0.1, -0.05) is 62.4 Å². The summed E-state index contributed by atoms with van der Waals surface area (Å²) >= 11 is 0. The largest absolute Gasteiger partial charge is 0.480 e. The van der Waals surface area contributed by atoms with Gasteiger partial charge in [0.05, 0.1) is 0 Å². The number of carbonyl (C=O) groups is 3. The van der Waals surface area contributed by atoms with Crippen molar-refractivity contribution in [1.82, 2.24) is 10.6 Å². The number of carboxylic acid groups (broad SMARTS) is 1. The van der Waals surface area contributed by atoms with Crippen molar-refractivity contribution >= 4 is 18.0 Å². The molecule has 1 fully saturated rings. The number of benzene rings is 2. The second-order valence-electron chi connectivity index (χ2n) is 8.88. The second kappa shape index (κ2) is 9.02. The third-order valence-electron chi connectivity index (χ3n) is 6.34. The molecule has 2 aromatic rings. The summed E-state index contributed by atoms with van der Waals surface area (Å²) in [6, 6.07) is 15.4. The van der Waals surface area contributed by atoms with Gasteiger partial charge in [0, 0.05) is 18.4 Å². The lowest BCUT2D eigenvalue weighted by Gasteiger charge is -2.18. The van der Waals surface area contributed by atoms with Gasteiger partial charge in [-0.15, -0.1) is 0 Å². The van der Waals surface area contributed by atoms with Crippen LogP contribution >= 0.6 is 0 Å². The van der Waals surface area contributed by atoms with E-state index in [0.717, 1.165) is 11.1 Å². The first-order valence-electron chi connectivity index (χ1n) is 11.0. The maximum atomic E-state index is 12.3. The maximum Gasteiger partial charge on any atom is 0.407 e. The minimum atomic E-state index is -1.04. The van der Waals surface area contributed by atoms with Crippen LogP contribution in [0.4, 0.5) is 4.79 Å². The fraction of sp³-hybridized carbons (Fsp3) is 0.400. The van der Waals surface area contributed by atoms with Crippen molar-refractivity contribution in [3.63, 3.8) is 0 Å². The molecule has 4 rings (SSSR count). The van der Waals surface area contributed by atoms with E-state index in [1.54, 1.807) is 13.8 Å². The van der Waals surface area contributed by atoms with E-state index in [2.05, 4.69) is 34.9 Å². The number of carbonyl (C=O) groups excluding carboxylic acids is 2. The molecule has 0 heterocycles. The first kappa shape index (κ1) is 21.9. The molecule has 7 heteroatoms. The standard InChI is InChI=1S/C25H28N2O5/c1-14(2)22(24(29)30)27-23(28)20-11-15(20)12-26-25(31)32-13-21-18-9-5-3-7-16(18)17-8-4-6-10-19(17)21/h3-10,14-15,20-22H,11-13H2,1-2H3,(H,26,31)(H,27,28)(H,29,30)/t15-,20-,22-/m1/s1. The molecule has 0 radical (unpaired) electrons. The van der Waals surface area contributed by atoms with Gasteiger partial charge < -0.3 is 20.5 Å². The number of fused-ring (bicyclic) bond motifs is 3. The predicted octanol–water partition coefficient (Wildman–Crippen LogP) is 3.39. The molecule has 0 aliphatic heterocycles. The number of alkyl carbamates (subject to hydrolysis) is 1. The lowest BCUT2D eigenvalue weighted by Crippen LogP contribution is -2.45. The molecule has 3 N–H and O–H groups in total. The number of nitrogens with one attached hydrogen (secondary N) is 2. The van der Waals surface area contributed by atoms with Crippen molar-refractivity contribution in [2.75, 3.05) is 13.2 Å². The van der Waals surface area contributed by atoms with E-state index in [4.69, 9.17) is 4.74 Å². The number of aliphatic carboxylic acids is 1. The van der Waals surface area contributed by atoms with Gasteiger partial charge in [-0.3, -0.25) is 4.79 Å². The minimum absolute atomic E-state index is 0.00269. The van der Waals surface area contributed by atoms with Crippen LogP contribution in [0.2, 0.25) is 0 Å². The van der Waals surface area contributed by atoms with Gasteiger partial charge in [-0.25, -0.2) is 9.59 Å². The van der Waals surface area contributed by atoms with Crippen molar-refractivity contribution in [3.05, 3.63) is 59.7 Å². The quantitative estimate of drug-likeness (QED) is 0.588. The minimum Gasteiger partial charge on any atom is -0.480 e. The molecule has 0 spiro atoms. The van der Waals surface area contributed by atoms with Crippen molar-refractivity contribution in [1.29, 1.82) is 0 Å². The molecule has 3 atom stereocenters. The number of amides is 2. The summed E-state index contributed by atoms with van der Waals surface area (Å²) in [6.45, 7) is 4.07. The third kappa shape index (κ3) is 4.47. The fourth-order valence-corrected chi connectivity index (χ4v) is 4.43. The summed E-state index contributed by atoms with van der Waals surface area (Å²) in [6.07, 6.45) is 0.114. The zero-order chi connectivity index (χ0) is 22.8. The smallest absolute Gasteiger partial charge is 0.407 e. The summed E-state index contributed by atoms with van der Waals surface area (Å²) in [5, 5.41) is 14.6. The molecule has 0 unspecified atom stereocenters. The first-order valence-corrected chi connectivity index (χ1v) is 11.0. The van der Waals surface area contributed by atoms with Gasteiger partial charge in [0.1, 0.15) is 12.6 Å². The molecule has 2 aliphatic carbocycles. The Morgan fingerprint density at radius 2 is 1.62 bits per heavy atom. The molecule has 0 bridgehead atoms.